The third kappa shape index (κ3) is 2.10. The monoisotopic (exact) mass is 241 g/mol. The van der Waals surface area contributed by atoms with Gasteiger partial charge in [-0.05, 0) is 6.07 Å². The van der Waals surface area contributed by atoms with Crippen molar-refractivity contribution in [1.82, 2.24) is 4.98 Å². The Bertz CT molecular complexity index is 415. The number of pyridine rings is 1. The molecule has 16 heavy (non-hydrogen) atoms. The van der Waals surface area contributed by atoms with Crippen molar-refractivity contribution < 1.29 is 31.9 Å². The van der Waals surface area contributed by atoms with Gasteiger partial charge >= 0.3 is 18.1 Å². The van der Waals surface area contributed by atoms with Crippen molar-refractivity contribution in [3.05, 3.63) is 29.6 Å². The number of rotatable bonds is 2. The van der Waals surface area contributed by atoms with E-state index in [-0.39, 0.29) is 6.20 Å². The molecule has 1 rings (SSSR count). The predicted molar refractivity (Wildman–Crippen MR) is 40.8 cm³/mol. The Morgan fingerprint density at radius 3 is 2.19 bits per heavy atom. The molecule has 0 spiro atoms. The lowest BCUT2D eigenvalue weighted by Crippen LogP contribution is -2.28. The molecule has 0 amide bonds. The minimum atomic E-state index is -5.06. The second kappa shape index (κ2) is 3.69. The maximum Gasteiger partial charge on any atom is 0.417 e. The number of halogens is 5. The molecule has 1 heterocycles. The first kappa shape index (κ1) is 12.3. The van der Waals surface area contributed by atoms with E-state index in [1.54, 1.807) is 0 Å². The molecule has 1 aromatic rings. The van der Waals surface area contributed by atoms with Crippen LogP contribution < -0.4 is 0 Å². The molecule has 0 fully saturated rings. The lowest BCUT2D eigenvalue weighted by molar-refractivity contribution is -0.169. The Labute approximate surface area is 85.5 Å². The number of aliphatic carboxylic acids is 1. The number of hydrogen-bond acceptors (Lipinski definition) is 2. The normalized spacial score (nSPS) is 12.6. The summed E-state index contributed by atoms with van der Waals surface area (Å²) in [6.07, 6.45) is -4.21. The molecule has 0 atom stereocenters. The number of carboxylic acids is 1. The first-order valence-corrected chi connectivity index (χ1v) is 3.80. The average Bonchev–Trinajstić information content (AvgIpc) is 2.16. The van der Waals surface area contributed by atoms with Crippen LogP contribution in [0.2, 0.25) is 0 Å². The quantitative estimate of drug-likeness (QED) is 0.808. The third-order valence-corrected chi connectivity index (χ3v) is 1.73. The second-order valence-electron chi connectivity index (χ2n) is 2.80. The van der Waals surface area contributed by atoms with Crippen LogP contribution in [0, 0.1) is 0 Å². The zero-order chi connectivity index (χ0) is 12.6. The van der Waals surface area contributed by atoms with Crippen LogP contribution in [0.25, 0.3) is 0 Å². The lowest BCUT2D eigenvalue weighted by atomic mass is 10.0. The molecular weight excluding hydrogens is 237 g/mol. The molecule has 0 saturated carbocycles. The summed E-state index contributed by atoms with van der Waals surface area (Å²) in [6.45, 7) is 0. The summed E-state index contributed by atoms with van der Waals surface area (Å²) in [5.41, 5.74) is -3.38. The van der Waals surface area contributed by atoms with Gasteiger partial charge in [0.1, 0.15) is 0 Å². The SMILES string of the molecule is O=C(O)C(F)(F)c1cnccc1C(F)(F)F. The summed E-state index contributed by atoms with van der Waals surface area (Å²) in [5, 5.41) is 8.14. The van der Waals surface area contributed by atoms with Crippen LogP contribution in [0.4, 0.5) is 22.0 Å². The summed E-state index contributed by atoms with van der Waals surface area (Å²) in [4.78, 5) is 13.2. The summed E-state index contributed by atoms with van der Waals surface area (Å²) in [5.74, 6) is -7.29. The molecule has 1 N–H and O–H groups in total. The van der Waals surface area contributed by atoms with Crippen molar-refractivity contribution >= 4 is 5.97 Å². The van der Waals surface area contributed by atoms with Gasteiger partial charge in [-0.25, -0.2) is 4.79 Å². The smallest absolute Gasteiger partial charge is 0.417 e. The van der Waals surface area contributed by atoms with Gasteiger partial charge < -0.3 is 5.11 Å². The Hall–Kier alpha value is -1.73. The molecule has 8 heteroatoms. The maximum absolute atomic E-state index is 12.9. The molecule has 1 aromatic heterocycles. The molecule has 0 bridgehead atoms. The molecule has 3 nitrogen and oxygen atoms in total. The van der Waals surface area contributed by atoms with Crippen molar-refractivity contribution in [2.45, 2.75) is 12.1 Å². The Morgan fingerprint density at radius 2 is 1.75 bits per heavy atom. The third-order valence-electron chi connectivity index (χ3n) is 1.73. The number of aromatic nitrogens is 1. The molecule has 88 valence electrons. The van der Waals surface area contributed by atoms with Gasteiger partial charge in [0, 0.05) is 12.4 Å². The largest absolute Gasteiger partial charge is 0.477 e. The van der Waals surface area contributed by atoms with Crippen LogP contribution in [0.5, 0.6) is 0 Å². The Morgan fingerprint density at radius 1 is 1.19 bits per heavy atom. The molecule has 0 aromatic carbocycles. The summed E-state index contributed by atoms with van der Waals surface area (Å²) in [7, 11) is 0. The topological polar surface area (TPSA) is 50.2 Å². The van der Waals surface area contributed by atoms with E-state index < -0.39 is 29.2 Å². The number of hydrogen-bond donors (Lipinski definition) is 1. The van der Waals surface area contributed by atoms with Crippen molar-refractivity contribution in [3.8, 4) is 0 Å². The molecule has 0 unspecified atom stereocenters. The van der Waals surface area contributed by atoms with Gasteiger partial charge in [-0.3, -0.25) is 4.98 Å². The highest BCUT2D eigenvalue weighted by molar-refractivity contribution is 5.77. The van der Waals surface area contributed by atoms with Gasteiger partial charge in [0.25, 0.3) is 0 Å². The van der Waals surface area contributed by atoms with Crippen molar-refractivity contribution in [3.63, 3.8) is 0 Å². The second-order valence-corrected chi connectivity index (χ2v) is 2.80. The van der Waals surface area contributed by atoms with Crippen LogP contribution in [0.1, 0.15) is 11.1 Å². The van der Waals surface area contributed by atoms with Gasteiger partial charge in [-0.1, -0.05) is 0 Å². The van der Waals surface area contributed by atoms with E-state index in [4.69, 9.17) is 5.11 Å². The number of alkyl halides is 5. The molecule has 0 saturated heterocycles. The standard InChI is InChI=1S/C8H4F5NO2/c9-7(10,6(15)16)5-3-14-2-1-4(5)8(11,12)13/h1-3H,(H,15,16). The minimum absolute atomic E-state index is 0.191. The fourth-order valence-electron chi connectivity index (χ4n) is 1.01. The van der Waals surface area contributed by atoms with E-state index in [9.17, 15) is 26.7 Å². The zero-order valence-corrected chi connectivity index (χ0v) is 7.42. The highest BCUT2D eigenvalue weighted by atomic mass is 19.4. The molecular formula is C8H4F5NO2. The Kier molecular flexibility index (Phi) is 2.85. The van der Waals surface area contributed by atoms with Crippen molar-refractivity contribution in [1.29, 1.82) is 0 Å². The first-order valence-electron chi connectivity index (χ1n) is 3.80. The van der Waals surface area contributed by atoms with Gasteiger partial charge in [0.15, 0.2) is 0 Å². The number of carboxylic acid groups (broad SMARTS) is 1. The van der Waals surface area contributed by atoms with E-state index >= 15 is 0 Å². The van der Waals surface area contributed by atoms with Crippen LogP contribution >= 0.6 is 0 Å². The highest BCUT2D eigenvalue weighted by Crippen LogP contribution is 2.38. The van der Waals surface area contributed by atoms with Gasteiger partial charge in [0.05, 0.1) is 11.1 Å². The fourth-order valence-corrected chi connectivity index (χ4v) is 1.01. The lowest BCUT2D eigenvalue weighted by Gasteiger charge is -2.16. The predicted octanol–water partition coefficient (Wildman–Crippen LogP) is 2.28. The molecule has 0 aliphatic rings. The van der Waals surface area contributed by atoms with Crippen molar-refractivity contribution in [2.24, 2.45) is 0 Å². The van der Waals surface area contributed by atoms with E-state index in [1.165, 1.54) is 0 Å². The number of carbonyl (C=O) groups is 1. The van der Waals surface area contributed by atoms with Crippen LogP contribution in [0.3, 0.4) is 0 Å². The average molecular weight is 241 g/mol. The van der Waals surface area contributed by atoms with Gasteiger partial charge in [0.2, 0.25) is 0 Å². The zero-order valence-electron chi connectivity index (χ0n) is 7.42. The van der Waals surface area contributed by atoms with E-state index in [0.717, 1.165) is 0 Å². The van der Waals surface area contributed by atoms with E-state index in [2.05, 4.69) is 4.98 Å². The highest BCUT2D eigenvalue weighted by Gasteiger charge is 2.48. The number of nitrogens with zero attached hydrogens (tertiary/aromatic N) is 1. The van der Waals surface area contributed by atoms with E-state index in [0.29, 0.717) is 12.3 Å². The minimum Gasteiger partial charge on any atom is -0.477 e. The van der Waals surface area contributed by atoms with E-state index in [1.807, 2.05) is 0 Å². The van der Waals surface area contributed by atoms with Gasteiger partial charge in [-0.2, -0.15) is 22.0 Å². The molecule has 0 radical (unpaired) electrons. The molecule has 0 aliphatic heterocycles. The summed E-state index contributed by atoms with van der Waals surface area (Å²) < 4.78 is 62.7. The molecule has 0 aliphatic carbocycles. The fraction of sp³-hybridized carbons (Fsp3) is 0.250. The van der Waals surface area contributed by atoms with Crippen LogP contribution in [-0.4, -0.2) is 16.1 Å². The van der Waals surface area contributed by atoms with Crippen LogP contribution in [0.15, 0.2) is 18.5 Å². The maximum atomic E-state index is 12.9. The first-order chi connectivity index (χ1) is 7.17. The van der Waals surface area contributed by atoms with Gasteiger partial charge in [-0.15, -0.1) is 0 Å². The van der Waals surface area contributed by atoms with Crippen LogP contribution in [-0.2, 0) is 16.9 Å². The summed E-state index contributed by atoms with van der Waals surface area (Å²) in [6, 6.07) is 0.298. The van der Waals surface area contributed by atoms with Crippen molar-refractivity contribution in [2.75, 3.05) is 0 Å². The Balaban J connectivity index is 3.41. The summed E-state index contributed by atoms with van der Waals surface area (Å²) >= 11 is 0.